The van der Waals surface area contributed by atoms with Gasteiger partial charge in [-0.3, -0.25) is 9.69 Å². The fourth-order valence-electron chi connectivity index (χ4n) is 3.74. The van der Waals surface area contributed by atoms with Gasteiger partial charge >= 0.3 is 6.09 Å². The summed E-state index contributed by atoms with van der Waals surface area (Å²) in [7, 11) is 1.65. The summed E-state index contributed by atoms with van der Waals surface area (Å²) in [5.74, 6) is 0.149. The van der Waals surface area contributed by atoms with Crippen LogP contribution in [0.1, 0.15) is 29.6 Å². The van der Waals surface area contributed by atoms with Gasteiger partial charge in [0.25, 0.3) is 5.91 Å². The zero-order chi connectivity index (χ0) is 22.3. The summed E-state index contributed by atoms with van der Waals surface area (Å²) >= 11 is 0. The Balaban J connectivity index is 1.38. The molecule has 164 valence electrons. The molecule has 1 aliphatic heterocycles. The molecule has 0 spiro atoms. The molecule has 3 aromatic rings. The molecule has 1 fully saturated rings. The predicted molar refractivity (Wildman–Crippen MR) is 128 cm³/mol. The fraction of sp³-hybridized carbons (Fsp3) is 0.231. The Hall–Kier alpha value is -3.80. The zero-order valence-corrected chi connectivity index (χ0v) is 18.2. The van der Waals surface area contributed by atoms with Crippen molar-refractivity contribution in [2.75, 3.05) is 35.3 Å². The first-order valence-corrected chi connectivity index (χ1v) is 10.9. The van der Waals surface area contributed by atoms with Crippen molar-refractivity contribution in [3.05, 3.63) is 84.4 Å². The maximum atomic E-state index is 12.7. The Bertz CT molecular complexity index is 1060. The highest BCUT2D eigenvalue weighted by atomic mass is 16.6. The van der Waals surface area contributed by atoms with Crippen LogP contribution in [0.4, 0.5) is 21.9 Å². The molecule has 32 heavy (non-hydrogen) atoms. The van der Waals surface area contributed by atoms with Crippen molar-refractivity contribution in [1.82, 2.24) is 0 Å². The van der Waals surface area contributed by atoms with E-state index in [1.165, 1.54) is 24.2 Å². The molecule has 1 saturated heterocycles. The Morgan fingerprint density at radius 3 is 2.31 bits per heavy atom. The summed E-state index contributed by atoms with van der Waals surface area (Å²) in [5, 5.41) is 2.87. The fourth-order valence-corrected chi connectivity index (χ4v) is 3.74. The number of piperidine rings is 1. The van der Waals surface area contributed by atoms with E-state index in [9.17, 15) is 9.59 Å². The molecule has 6 heteroatoms. The molecule has 0 aromatic heterocycles. The highest BCUT2D eigenvalue weighted by Gasteiger charge is 2.15. The van der Waals surface area contributed by atoms with Crippen molar-refractivity contribution in [1.29, 1.82) is 0 Å². The third-order valence-corrected chi connectivity index (χ3v) is 5.57. The number of rotatable bonds is 5. The van der Waals surface area contributed by atoms with Gasteiger partial charge in [0.1, 0.15) is 5.75 Å². The van der Waals surface area contributed by atoms with Crippen molar-refractivity contribution in [3.8, 4) is 5.75 Å². The standard InChI is InChI=1S/C26H27N3O3/c1-28(22-10-4-2-5-11-22)26(31)32-24-12-8-9-21(19-24)27-25(30)20-13-15-23(16-14-20)29-17-6-3-7-18-29/h2,4-5,8-16,19H,3,6-7,17-18H2,1H3,(H,27,30). The molecular weight excluding hydrogens is 402 g/mol. The van der Waals surface area contributed by atoms with Crippen LogP contribution in [0.25, 0.3) is 0 Å². The molecule has 1 N–H and O–H groups in total. The lowest BCUT2D eigenvalue weighted by Gasteiger charge is -2.28. The number of para-hydroxylation sites is 1. The summed E-state index contributed by atoms with van der Waals surface area (Å²) in [6.07, 6.45) is 3.20. The highest BCUT2D eigenvalue weighted by Crippen LogP contribution is 2.22. The van der Waals surface area contributed by atoms with E-state index in [0.29, 0.717) is 17.0 Å². The Morgan fingerprint density at radius 2 is 1.59 bits per heavy atom. The van der Waals surface area contributed by atoms with Crippen LogP contribution in [-0.2, 0) is 0 Å². The number of carbonyl (C=O) groups is 2. The first-order chi connectivity index (χ1) is 15.6. The maximum Gasteiger partial charge on any atom is 0.419 e. The average molecular weight is 430 g/mol. The van der Waals surface area contributed by atoms with Gasteiger partial charge in [0, 0.05) is 48.8 Å². The maximum absolute atomic E-state index is 12.7. The number of carbonyl (C=O) groups excluding carboxylic acids is 2. The first kappa shape index (κ1) is 21.4. The zero-order valence-electron chi connectivity index (χ0n) is 18.2. The molecule has 6 nitrogen and oxygen atoms in total. The summed E-state index contributed by atoms with van der Waals surface area (Å²) in [6, 6.07) is 23.8. The molecular formula is C26H27N3O3. The van der Waals surface area contributed by atoms with Crippen molar-refractivity contribution in [2.45, 2.75) is 19.3 Å². The molecule has 0 bridgehead atoms. The second kappa shape index (κ2) is 10.0. The molecule has 3 aromatic carbocycles. The summed E-state index contributed by atoms with van der Waals surface area (Å²) in [5.41, 5.74) is 3.02. The van der Waals surface area contributed by atoms with Gasteiger partial charge in [-0.15, -0.1) is 0 Å². The van der Waals surface area contributed by atoms with E-state index in [1.54, 1.807) is 31.3 Å². The number of ether oxygens (including phenoxy) is 1. The third-order valence-electron chi connectivity index (χ3n) is 5.57. The minimum Gasteiger partial charge on any atom is -0.410 e. The van der Waals surface area contributed by atoms with Crippen LogP contribution in [-0.4, -0.2) is 32.1 Å². The lowest BCUT2D eigenvalue weighted by molar-refractivity contribution is 0.102. The van der Waals surface area contributed by atoms with Crippen LogP contribution in [0.2, 0.25) is 0 Å². The number of hydrogen-bond acceptors (Lipinski definition) is 4. The molecule has 0 aliphatic carbocycles. The number of hydrogen-bond donors (Lipinski definition) is 1. The van der Waals surface area contributed by atoms with Crippen molar-refractivity contribution >= 4 is 29.1 Å². The van der Waals surface area contributed by atoms with E-state index < -0.39 is 6.09 Å². The lowest BCUT2D eigenvalue weighted by atomic mass is 10.1. The predicted octanol–water partition coefficient (Wildman–Crippen LogP) is 5.56. The van der Waals surface area contributed by atoms with Crippen molar-refractivity contribution in [3.63, 3.8) is 0 Å². The molecule has 4 rings (SSSR count). The van der Waals surface area contributed by atoms with Gasteiger partial charge in [-0.1, -0.05) is 24.3 Å². The van der Waals surface area contributed by atoms with E-state index in [0.717, 1.165) is 24.5 Å². The van der Waals surface area contributed by atoms with Gasteiger partial charge in [0.05, 0.1) is 0 Å². The van der Waals surface area contributed by atoms with E-state index >= 15 is 0 Å². The average Bonchev–Trinajstić information content (AvgIpc) is 2.85. The Labute approximate surface area is 188 Å². The SMILES string of the molecule is CN(C(=O)Oc1cccc(NC(=O)c2ccc(N3CCCCC3)cc2)c1)c1ccccc1. The molecule has 1 heterocycles. The Morgan fingerprint density at radius 1 is 0.875 bits per heavy atom. The normalized spacial score (nSPS) is 13.3. The topological polar surface area (TPSA) is 61.9 Å². The smallest absolute Gasteiger partial charge is 0.410 e. The van der Waals surface area contributed by atoms with Crippen LogP contribution in [0.15, 0.2) is 78.9 Å². The second-order valence-electron chi connectivity index (χ2n) is 7.84. The van der Waals surface area contributed by atoms with Crippen molar-refractivity contribution < 1.29 is 14.3 Å². The van der Waals surface area contributed by atoms with Gasteiger partial charge in [-0.05, 0) is 67.8 Å². The molecule has 0 atom stereocenters. The van der Waals surface area contributed by atoms with Crippen LogP contribution in [0.3, 0.4) is 0 Å². The van der Waals surface area contributed by atoms with Crippen LogP contribution in [0.5, 0.6) is 5.75 Å². The number of nitrogens with one attached hydrogen (secondary N) is 1. The summed E-state index contributed by atoms with van der Waals surface area (Å²) in [6.45, 7) is 2.13. The van der Waals surface area contributed by atoms with Crippen LogP contribution in [0, 0.1) is 0 Å². The quantitative estimate of drug-likeness (QED) is 0.576. The second-order valence-corrected chi connectivity index (χ2v) is 7.84. The van der Waals surface area contributed by atoms with E-state index in [1.807, 2.05) is 54.6 Å². The number of amides is 2. The van der Waals surface area contributed by atoms with Gasteiger partial charge < -0.3 is 15.0 Å². The van der Waals surface area contributed by atoms with Gasteiger partial charge in [-0.25, -0.2) is 4.79 Å². The minimum absolute atomic E-state index is 0.208. The Kier molecular flexibility index (Phi) is 6.70. The van der Waals surface area contributed by atoms with Gasteiger partial charge in [0.2, 0.25) is 0 Å². The van der Waals surface area contributed by atoms with Gasteiger partial charge in [-0.2, -0.15) is 0 Å². The highest BCUT2D eigenvalue weighted by molar-refractivity contribution is 6.04. The third kappa shape index (κ3) is 5.27. The van der Waals surface area contributed by atoms with Crippen LogP contribution >= 0.6 is 0 Å². The monoisotopic (exact) mass is 429 g/mol. The lowest BCUT2D eigenvalue weighted by Crippen LogP contribution is -2.29. The molecule has 0 unspecified atom stereocenters. The van der Waals surface area contributed by atoms with Crippen LogP contribution < -0.4 is 19.9 Å². The number of benzene rings is 3. The largest absolute Gasteiger partial charge is 0.419 e. The molecule has 0 saturated carbocycles. The van der Waals surface area contributed by atoms with Crippen molar-refractivity contribution in [2.24, 2.45) is 0 Å². The van der Waals surface area contributed by atoms with E-state index in [4.69, 9.17) is 4.74 Å². The number of anilines is 3. The van der Waals surface area contributed by atoms with E-state index in [-0.39, 0.29) is 5.91 Å². The first-order valence-electron chi connectivity index (χ1n) is 10.9. The molecule has 1 aliphatic rings. The molecule has 0 radical (unpaired) electrons. The molecule has 2 amide bonds. The summed E-state index contributed by atoms with van der Waals surface area (Å²) < 4.78 is 5.47. The van der Waals surface area contributed by atoms with Gasteiger partial charge in [0.15, 0.2) is 0 Å². The van der Waals surface area contributed by atoms with E-state index in [2.05, 4.69) is 10.2 Å². The number of nitrogens with zero attached hydrogens (tertiary/aromatic N) is 2. The summed E-state index contributed by atoms with van der Waals surface area (Å²) in [4.78, 5) is 28.9. The minimum atomic E-state index is -0.507.